The standard InChI is InChI=1S/C26H20N2O4S/c1-31-16-11-12-20-17(13-16)22-21(24(29)32-20)23(33)27-26(22)18-9-5-6-10-19(18)28(25(26)30)14-15-7-3-2-4-8-15/h2-13,21-22H,14H2,1H3,(H,27,33)/t21-,22+,26-/m0/s1. The van der Waals surface area contributed by atoms with Gasteiger partial charge in [0.1, 0.15) is 17.4 Å². The molecule has 3 aliphatic rings. The van der Waals surface area contributed by atoms with Crippen molar-refractivity contribution in [3.63, 3.8) is 0 Å². The van der Waals surface area contributed by atoms with Crippen LogP contribution < -0.4 is 19.7 Å². The van der Waals surface area contributed by atoms with Crippen LogP contribution in [0.4, 0.5) is 5.69 Å². The number of ether oxygens (including phenoxy) is 2. The number of carbonyl (C=O) groups excluding carboxylic acids is 2. The summed E-state index contributed by atoms with van der Waals surface area (Å²) >= 11 is 5.63. The Bertz CT molecular complexity index is 1320. The lowest BCUT2D eigenvalue weighted by molar-refractivity contribution is -0.139. The molecule has 3 aromatic carbocycles. The first-order valence-corrected chi connectivity index (χ1v) is 11.1. The predicted molar refractivity (Wildman–Crippen MR) is 126 cm³/mol. The summed E-state index contributed by atoms with van der Waals surface area (Å²) in [5.74, 6) is -0.832. The Morgan fingerprint density at radius 2 is 1.82 bits per heavy atom. The zero-order valence-corrected chi connectivity index (χ0v) is 18.6. The highest BCUT2D eigenvalue weighted by molar-refractivity contribution is 7.80. The summed E-state index contributed by atoms with van der Waals surface area (Å²) in [5, 5.41) is 3.30. The zero-order chi connectivity index (χ0) is 22.7. The summed E-state index contributed by atoms with van der Waals surface area (Å²) in [5.41, 5.74) is 2.17. The lowest BCUT2D eigenvalue weighted by Gasteiger charge is -2.35. The molecule has 164 valence electrons. The number of benzene rings is 3. The van der Waals surface area contributed by atoms with Gasteiger partial charge in [0, 0.05) is 17.0 Å². The van der Waals surface area contributed by atoms with E-state index in [-0.39, 0.29) is 5.91 Å². The third-order valence-corrected chi connectivity index (χ3v) is 7.16. The van der Waals surface area contributed by atoms with Crippen LogP contribution in [0.25, 0.3) is 0 Å². The highest BCUT2D eigenvalue weighted by Gasteiger charge is 2.66. The second-order valence-electron chi connectivity index (χ2n) is 8.47. The number of anilines is 1. The normalized spacial score (nSPS) is 24.8. The quantitative estimate of drug-likeness (QED) is 0.368. The number of thiocarbonyl (C=S) groups is 1. The van der Waals surface area contributed by atoms with Gasteiger partial charge in [0.05, 0.1) is 24.3 Å². The molecule has 0 radical (unpaired) electrons. The van der Waals surface area contributed by atoms with E-state index in [2.05, 4.69) is 5.32 Å². The highest BCUT2D eigenvalue weighted by atomic mass is 32.1. The summed E-state index contributed by atoms with van der Waals surface area (Å²) in [6.07, 6.45) is 0. The first kappa shape index (κ1) is 19.9. The monoisotopic (exact) mass is 456 g/mol. The fourth-order valence-corrected chi connectivity index (χ4v) is 5.79. The van der Waals surface area contributed by atoms with E-state index in [1.807, 2.05) is 60.7 Å². The molecule has 3 atom stereocenters. The van der Waals surface area contributed by atoms with Gasteiger partial charge in [-0.15, -0.1) is 0 Å². The van der Waals surface area contributed by atoms with E-state index < -0.39 is 23.3 Å². The molecule has 6 nitrogen and oxygen atoms in total. The Morgan fingerprint density at radius 3 is 2.61 bits per heavy atom. The molecular weight excluding hydrogens is 436 g/mol. The molecule has 0 unspecified atom stereocenters. The molecule has 6 rings (SSSR count). The molecule has 3 aliphatic heterocycles. The van der Waals surface area contributed by atoms with Crippen molar-refractivity contribution in [3.05, 3.63) is 89.5 Å². The number of hydrogen-bond acceptors (Lipinski definition) is 5. The van der Waals surface area contributed by atoms with Gasteiger partial charge in [-0.25, -0.2) is 0 Å². The third kappa shape index (κ3) is 2.69. The van der Waals surface area contributed by atoms with Gasteiger partial charge in [-0.1, -0.05) is 60.7 Å². The Morgan fingerprint density at radius 1 is 1.06 bits per heavy atom. The largest absolute Gasteiger partial charge is 0.497 e. The minimum Gasteiger partial charge on any atom is -0.497 e. The van der Waals surface area contributed by atoms with Gasteiger partial charge in [0.2, 0.25) is 0 Å². The van der Waals surface area contributed by atoms with E-state index in [9.17, 15) is 9.59 Å². The van der Waals surface area contributed by atoms with Gasteiger partial charge in [-0.3, -0.25) is 9.59 Å². The molecule has 3 aromatic rings. The number of fused-ring (bicyclic) bond motifs is 6. The molecule has 1 N–H and O–H groups in total. The Kier molecular flexibility index (Phi) is 4.32. The van der Waals surface area contributed by atoms with Crippen LogP contribution in [0.5, 0.6) is 11.5 Å². The fraction of sp³-hybridized carbons (Fsp3) is 0.192. The van der Waals surface area contributed by atoms with Crippen LogP contribution in [0.1, 0.15) is 22.6 Å². The number of nitrogens with zero attached hydrogens (tertiary/aromatic N) is 1. The average molecular weight is 457 g/mol. The van der Waals surface area contributed by atoms with Gasteiger partial charge in [-0.05, 0) is 29.8 Å². The first-order valence-electron chi connectivity index (χ1n) is 10.7. The predicted octanol–water partition coefficient (Wildman–Crippen LogP) is 3.69. The zero-order valence-electron chi connectivity index (χ0n) is 17.8. The summed E-state index contributed by atoms with van der Waals surface area (Å²) in [4.78, 5) is 29.4. The Labute approximate surface area is 196 Å². The van der Waals surface area contributed by atoms with Gasteiger partial charge in [-0.2, -0.15) is 0 Å². The van der Waals surface area contributed by atoms with Crippen LogP contribution in [0.3, 0.4) is 0 Å². The van der Waals surface area contributed by atoms with Crippen molar-refractivity contribution in [1.29, 1.82) is 0 Å². The molecule has 33 heavy (non-hydrogen) atoms. The molecule has 0 bridgehead atoms. The minimum absolute atomic E-state index is 0.133. The van der Waals surface area contributed by atoms with E-state index in [1.165, 1.54) is 0 Å². The maximum atomic E-state index is 14.3. The molecule has 1 amide bonds. The van der Waals surface area contributed by atoms with Crippen molar-refractivity contribution in [1.82, 2.24) is 5.32 Å². The van der Waals surface area contributed by atoms with Gasteiger partial charge in [0.15, 0.2) is 5.54 Å². The Balaban J connectivity index is 1.56. The lowest BCUT2D eigenvalue weighted by Crippen LogP contribution is -2.51. The number of amides is 1. The van der Waals surface area contributed by atoms with Gasteiger partial charge >= 0.3 is 5.97 Å². The molecule has 1 saturated heterocycles. The molecule has 0 aliphatic carbocycles. The maximum Gasteiger partial charge on any atom is 0.322 e. The second-order valence-corrected chi connectivity index (χ2v) is 8.91. The van der Waals surface area contributed by atoms with Crippen molar-refractivity contribution in [3.8, 4) is 11.5 Å². The van der Waals surface area contributed by atoms with Crippen LogP contribution in [0, 0.1) is 5.92 Å². The summed E-state index contributed by atoms with van der Waals surface area (Å²) < 4.78 is 11.1. The minimum atomic E-state index is -1.20. The SMILES string of the molecule is COc1ccc2c(c1)[C@@H]1[C@H](C(=O)O2)C(=S)N[C@]12C(=O)N(Cc1ccccc1)c1ccccc12. The topological polar surface area (TPSA) is 67.9 Å². The van der Waals surface area contributed by atoms with E-state index >= 15 is 0 Å². The molecule has 0 saturated carbocycles. The smallest absolute Gasteiger partial charge is 0.322 e. The van der Waals surface area contributed by atoms with E-state index in [1.54, 1.807) is 24.1 Å². The Hall–Kier alpha value is -3.71. The summed E-state index contributed by atoms with van der Waals surface area (Å²) in [6, 6.07) is 22.8. The van der Waals surface area contributed by atoms with Crippen LogP contribution >= 0.6 is 12.2 Å². The van der Waals surface area contributed by atoms with Crippen molar-refractivity contribution in [2.75, 3.05) is 12.0 Å². The summed E-state index contributed by atoms with van der Waals surface area (Å²) in [7, 11) is 1.58. The highest BCUT2D eigenvalue weighted by Crippen LogP contribution is 2.58. The number of para-hydroxylation sites is 1. The fourth-order valence-electron chi connectivity index (χ4n) is 5.39. The molecule has 1 spiro atoms. The number of carbonyl (C=O) groups is 2. The number of hydrogen-bond donors (Lipinski definition) is 1. The van der Waals surface area contributed by atoms with E-state index in [0.717, 1.165) is 22.4 Å². The van der Waals surface area contributed by atoms with Crippen molar-refractivity contribution in [2.24, 2.45) is 5.92 Å². The number of esters is 1. The third-order valence-electron chi connectivity index (χ3n) is 6.80. The number of methoxy groups -OCH3 is 1. The van der Waals surface area contributed by atoms with Crippen LogP contribution in [0.15, 0.2) is 72.8 Å². The van der Waals surface area contributed by atoms with Crippen LogP contribution in [-0.4, -0.2) is 24.0 Å². The van der Waals surface area contributed by atoms with Crippen molar-refractivity contribution >= 4 is 34.8 Å². The van der Waals surface area contributed by atoms with Gasteiger partial charge < -0.3 is 19.7 Å². The molecule has 3 heterocycles. The average Bonchev–Trinajstić information content (AvgIpc) is 3.28. The van der Waals surface area contributed by atoms with E-state index in [4.69, 9.17) is 21.7 Å². The maximum absolute atomic E-state index is 14.3. The van der Waals surface area contributed by atoms with Gasteiger partial charge in [0.25, 0.3) is 5.91 Å². The molecule has 7 heteroatoms. The second kappa shape index (κ2) is 7.15. The lowest BCUT2D eigenvalue weighted by atomic mass is 9.71. The molecule has 1 fully saturated rings. The van der Waals surface area contributed by atoms with Crippen LogP contribution in [-0.2, 0) is 21.7 Å². The number of nitrogens with one attached hydrogen (secondary N) is 1. The molecule has 0 aromatic heterocycles. The molecular formula is C26H20N2O4S. The first-order chi connectivity index (χ1) is 16.0. The van der Waals surface area contributed by atoms with E-state index in [0.29, 0.717) is 23.0 Å². The van der Waals surface area contributed by atoms with Crippen molar-refractivity contribution < 1.29 is 19.1 Å². The number of rotatable bonds is 3. The van der Waals surface area contributed by atoms with Crippen LogP contribution in [0.2, 0.25) is 0 Å². The van der Waals surface area contributed by atoms with Crippen molar-refractivity contribution in [2.45, 2.75) is 18.0 Å². The summed E-state index contributed by atoms with van der Waals surface area (Å²) in [6.45, 7) is 0.416.